The van der Waals surface area contributed by atoms with E-state index < -0.39 is 0 Å². The highest BCUT2D eigenvalue weighted by Gasteiger charge is 2.23. The molecule has 0 spiro atoms. The minimum absolute atomic E-state index is 0.591. The first-order valence-electron chi connectivity index (χ1n) is 6.82. The highest BCUT2D eigenvalue weighted by atomic mass is 79.9. The predicted molar refractivity (Wildman–Crippen MR) is 80.1 cm³/mol. The number of pyridine rings is 1. The summed E-state index contributed by atoms with van der Waals surface area (Å²) in [5.74, 6) is 0.846. The Hall–Kier alpha value is -0.890. The van der Waals surface area contributed by atoms with Gasteiger partial charge in [0.25, 0.3) is 0 Å². The third-order valence-electron chi connectivity index (χ3n) is 3.97. The molecule has 0 amide bonds. The van der Waals surface area contributed by atoms with Crippen LogP contribution in [0.5, 0.6) is 0 Å². The van der Waals surface area contributed by atoms with Gasteiger partial charge in [-0.05, 0) is 30.9 Å². The zero-order chi connectivity index (χ0) is 12.4. The molecule has 0 N–H and O–H groups in total. The van der Waals surface area contributed by atoms with Gasteiger partial charge in [0.2, 0.25) is 0 Å². The summed E-state index contributed by atoms with van der Waals surface area (Å²) >= 11 is 3.87. The summed E-state index contributed by atoms with van der Waals surface area (Å²) in [5.41, 5.74) is 2.32. The van der Waals surface area contributed by atoms with Gasteiger partial charge in [0.05, 0.1) is 5.52 Å². The van der Waals surface area contributed by atoms with Gasteiger partial charge in [0, 0.05) is 22.3 Å². The second-order valence-electron chi connectivity index (χ2n) is 5.26. The molecule has 1 aliphatic rings. The molecule has 1 heterocycles. The Morgan fingerprint density at radius 1 is 1.11 bits per heavy atom. The molecule has 2 heteroatoms. The van der Waals surface area contributed by atoms with Gasteiger partial charge in [-0.25, -0.2) is 0 Å². The van der Waals surface area contributed by atoms with E-state index in [1.807, 2.05) is 0 Å². The van der Waals surface area contributed by atoms with Crippen LogP contribution in [0.25, 0.3) is 10.9 Å². The van der Waals surface area contributed by atoms with Crippen LogP contribution in [-0.2, 0) is 6.42 Å². The number of aromatic nitrogens is 1. The summed E-state index contributed by atoms with van der Waals surface area (Å²) in [5, 5.41) is 1.23. The van der Waals surface area contributed by atoms with Gasteiger partial charge in [-0.2, -0.15) is 0 Å². The molecule has 1 atom stereocenters. The van der Waals surface area contributed by atoms with E-state index in [0.29, 0.717) is 4.83 Å². The fourth-order valence-electron chi connectivity index (χ4n) is 2.91. The molecule has 1 unspecified atom stereocenters. The molecule has 1 aromatic heterocycles. The predicted octanol–water partition coefficient (Wildman–Crippen LogP) is 4.73. The first kappa shape index (κ1) is 12.2. The Bertz CT molecular complexity index is 531. The lowest BCUT2D eigenvalue weighted by Gasteiger charge is -2.16. The van der Waals surface area contributed by atoms with Crippen molar-refractivity contribution in [2.45, 2.75) is 36.9 Å². The molecule has 0 radical (unpaired) electrons. The van der Waals surface area contributed by atoms with Crippen molar-refractivity contribution in [2.75, 3.05) is 0 Å². The molecule has 2 aromatic rings. The van der Waals surface area contributed by atoms with E-state index in [1.54, 1.807) is 0 Å². The fraction of sp³-hybridized carbons (Fsp3) is 0.438. The van der Waals surface area contributed by atoms with Crippen LogP contribution in [0.2, 0.25) is 0 Å². The van der Waals surface area contributed by atoms with Crippen molar-refractivity contribution >= 4 is 26.8 Å². The maximum Gasteiger partial charge on any atom is 0.0705 e. The minimum atomic E-state index is 0.591. The van der Waals surface area contributed by atoms with Gasteiger partial charge in [-0.1, -0.05) is 53.0 Å². The molecule has 0 bridgehead atoms. The van der Waals surface area contributed by atoms with Crippen molar-refractivity contribution in [3.63, 3.8) is 0 Å². The lowest BCUT2D eigenvalue weighted by atomic mass is 10.00. The average Bonchev–Trinajstić information content (AvgIpc) is 2.92. The molecule has 1 saturated carbocycles. The molecule has 3 rings (SSSR count). The van der Waals surface area contributed by atoms with Crippen LogP contribution in [-0.4, -0.2) is 9.81 Å². The fourth-order valence-corrected chi connectivity index (χ4v) is 3.77. The summed E-state index contributed by atoms with van der Waals surface area (Å²) in [7, 11) is 0. The Morgan fingerprint density at radius 2 is 1.89 bits per heavy atom. The number of para-hydroxylation sites is 1. The third-order valence-corrected chi connectivity index (χ3v) is 5.04. The normalized spacial score (nSPS) is 18.3. The topological polar surface area (TPSA) is 12.9 Å². The molecule has 94 valence electrons. The number of halogens is 1. The van der Waals surface area contributed by atoms with Gasteiger partial charge in [-0.15, -0.1) is 0 Å². The standard InChI is InChI=1S/C16H18BrN/c17-15(12-5-1-2-6-12)11-14-10-9-13-7-3-4-8-16(13)18-14/h3-4,7-10,12,15H,1-2,5-6,11H2. The van der Waals surface area contributed by atoms with Crippen molar-refractivity contribution < 1.29 is 0 Å². The maximum atomic E-state index is 4.76. The zero-order valence-electron chi connectivity index (χ0n) is 10.5. The van der Waals surface area contributed by atoms with Crippen LogP contribution in [0.3, 0.4) is 0 Å². The molecule has 1 fully saturated rings. The smallest absolute Gasteiger partial charge is 0.0705 e. The van der Waals surface area contributed by atoms with Crippen LogP contribution in [0.1, 0.15) is 31.4 Å². The SMILES string of the molecule is BrC(Cc1ccc2ccccc2n1)C1CCCC1. The van der Waals surface area contributed by atoms with Gasteiger partial charge >= 0.3 is 0 Å². The molecule has 0 saturated heterocycles. The highest BCUT2D eigenvalue weighted by Crippen LogP contribution is 2.33. The third kappa shape index (κ3) is 2.59. The van der Waals surface area contributed by atoms with Crippen LogP contribution >= 0.6 is 15.9 Å². The summed E-state index contributed by atoms with van der Waals surface area (Å²) in [4.78, 5) is 5.35. The van der Waals surface area contributed by atoms with Gasteiger partial charge in [0.15, 0.2) is 0 Å². The van der Waals surface area contributed by atoms with E-state index in [0.717, 1.165) is 17.9 Å². The Balaban J connectivity index is 1.77. The summed E-state index contributed by atoms with van der Waals surface area (Å²) in [6.07, 6.45) is 6.61. The van der Waals surface area contributed by atoms with Crippen molar-refractivity contribution in [1.29, 1.82) is 0 Å². The van der Waals surface area contributed by atoms with E-state index in [1.165, 1.54) is 36.8 Å². The van der Waals surface area contributed by atoms with Crippen LogP contribution in [0.4, 0.5) is 0 Å². The number of rotatable bonds is 3. The van der Waals surface area contributed by atoms with Crippen molar-refractivity contribution in [3.8, 4) is 0 Å². The van der Waals surface area contributed by atoms with E-state index in [2.05, 4.69) is 52.3 Å². The van der Waals surface area contributed by atoms with E-state index in [4.69, 9.17) is 4.98 Å². The molecule has 0 aliphatic heterocycles. The number of benzene rings is 1. The average molecular weight is 304 g/mol. The van der Waals surface area contributed by atoms with Crippen molar-refractivity contribution in [3.05, 3.63) is 42.1 Å². The molecular weight excluding hydrogens is 286 g/mol. The number of nitrogens with zero attached hydrogens (tertiary/aromatic N) is 1. The molecule has 1 aliphatic carbocycles. The van der Waals surface area contributed by atoms with E-state index in [-0.39, 0.29) is 0 Å². The summed E-state index contributed by atoms with van der Waals surface area (Å²) < 4.78 is 0. The number of alkyl halides is 1. The van der Waals surface area contributed by atoms with Crippen LogP contribution in [0.15, 0.2) is 36.4 Å². The lowest BCUT2D eigenvalue weighted by Crippen LogP contribution is -2.14. The van der Waals surface area contributed by atoms with E-state index in [9.17, 15) is 0 Å². The van der Waals surface area contributed by atoms with Gasteiger partial charge < -0.3 is 0 Å². The van der Waals surface area contributed by atoms with E-state index >= 15 is 0 Å². The first-order valence-corrected chi connectivity index (χ1v) is 7.73. The maximum absolute atomic E-state index is 4.76. The first-order chi connectivity index (χ1) is 8.83. The molecule has 1 nitrogen and oxygen atoms in total. The molecule has 1 aromatic carbocycles. The quantitative estimate of drug-likeness (QED) is 0.747. The Kier molecular flexibility index (Phi) is 3.64. The van der Waals surface area contributed by atoms with Crippen LogP contribution in [0, 0.1) is 5.92 Å². The molecular formula is C16H18BrN. The Morgan fingerprint density at radius 3 is 2.72 bits per heavy atom. The molecule has 18 heavy (non-hydrogen) atoms. The number of hydrogen-bond donors (Lipinski definition) is 0. The second-order valence-corrected chi connectivity index (χ2v) is 6.44. The minimum Gasteiger partial charge on any atom is -0.253 e. The highest BCUT2D eigenvalue weighted by molar-refractivity contribution is 9.09. The van der Waals surface area contributed by atoms with Crippen LogP contribution < -0.4 is 0 Å². The number of fused-ring (bicyclic) bond motifs is 1. The second kappa shape index (κ2) is 5.40. The van der Waals surface area contributed by atoms with Gasteiger partial charge in [0.1, 0.15) is 0 Å². The summed E-state index contributed by atoms with van der Waals surface area (Å²) in [6.45, 7) is 0. The lowest BCUT2D eigenvalue weighted by molar-refractivity contribution is 0.522. The van der Waals surface area contributed by atoms with Gasteiger partial charge in [-0.3, -0.25) is 4.98 Å². The largest absolute Gasteiger partial charge is 0.253 e. The Labute approximate surface area is 117 Å². The van der Waals surface area contributed by atoms with Crippen molar-refractivity contribution in [2.24, 2.45) is 5.92 Å². The monoisotopic (exact) mass is 303 g/mol. The summed E-state index contributed by atoms with van der Waals surface area (Å²) in [6, 6.07) is 12.7. The number of hydrogen-bond acceptors (Lipinski definition) is 1. The zero-order valence-corrected chi connectivity index (χ0v) is 12.1. The van der Waals surface area contributed by atoms with Crippen molar-refractivity contribution in [1.82, 2.24) is 4.98 Å².